The van der Waals surface area contributed by atoms with Crippen LogP contribution in [0.3, 0.4) is 0 Å². The fourth-order valence-corrected chi connectivity index (χ4v) is 3.22. The molecule has 2 aromatic rings. The number of ether oxygens (including phenoxy) is 1. The molecule has 116 valence electrons. The first-order valence-electron chi connectivity index (χ1n) is 7.68. The molecule has 0 aliphatic carbocycles. The maximum absolute atomic E-state index is 13.7. The summed E-state index contributed by atoms with van der Waals surface area (Å²) in [5.74, 6) is 0.977. The molecule has 0 unspecified atom stereocenters. The van der Waals surface area contributed by atoms with Crippen LogP contribution in [0.5, 0.6) is 5.75 Å². The summed E-state index contributed by atoms with van der Waals surface area (Å²) in [5.41, 5.74) is 5.90. The van der Waals surface area contributed by atoms with Gasteiger partial charge < -0.3 is 10.1 Å². The van der Waals surface area contributed by atoms with Crippen LogP contribution in [0.2, 0.25) is 0 Å². The Morgan fingerprint density at radius 3 is 2.70 bits per heavy atom. The monoisotopic (exact) mass is 307 g/mol. The number of anilines is 1. The molecule has 0 atom stereocenters. The Morgan fingerprint density at radius 1 is 1.13 bits per heavy atom. The van der Waals surface area contributed by atoms with Crippen LogP contribution in [0.4, 0.5) is 10.1 Å². The number of nitrogens with one attached hydrogen (secondary N) is 1. The van der Waals surface area contributed by atoms with Crippen LogP contribution in [-0.2, 0) is 0 Å². The van der Waals surface area contributed by atoms with Crippen molar-refractivity contribution in [2.24, 2.45) is 0 Å². The molecule has 0 bridgehead atoms. The van der Waals surface area contributed by atoms with Crippen LogP contribution in [0.25, 0.3) is 23.0 Å². The molecule has 2 aliphatic heterocycles. The van der Waals surface area contributed by atoms with E-state index in [1.807, 2.05) is 12.1 Å². The van der Waals surface area contributed by atoms with E-state index in [1.54, 1.807) is 6.07 Å². The standard InChI is InChI=1S/C20H18FNO/c1-11-9-16-17(22-20(11,3)4)7-6-14-15-10-13(21)5-8-18(15)23-12(2)19(14)16/h5-10,22H,2H2,1,3-4H3. The number of benzene rings is 2. The molecule has 2 aromatic carbocycles. The molecule has 23 heavy (non-hydrogen) atoms. The zero-order valence-corrected chi connectivity index (χ0v) is 13.5. The Kier molecular flexibility index (Phi) is 2.74. The van der Waals surface area contributed by atoms with Crippen LogP contribution >= 0.6 is 0 Å². The molecule has 0 fully saturated rings. The largest absolute Gasteiger partial charge is 0.457 e. The van der Waals surface area contributed by atoms with Gasteiger partial charge in [0.25, 0.3) is 0 Å². The van der Waals surface area contributed by atoms with E-state index < -0.39 is 0 Å². The molecular weight excluding hydrogens is 289 g/mol. The lowest BCUT2D eigenvalue weighted by Gasteiger charge is -2.36. The van der Waals surface area contributed by atoms with E-state index in [0.29, 0.717) is 11.5 Å². The first kappa shape index (κ1) is 14.1. The molecule has 1 N–H and O–H groups in total. The molecule has 0 saturated heterocycles. The van der Waals surface area contributed by atoms with E-state index in [-0.39, 0.29) is 11.4 Å². The minimum absolute atomic E-state index is 0.0951. The van der Waals surface area contributed by atoms with Gasteiger partial charge in [-0.05, 0) is 56.2 Å². The number of hydrogen-bond acceptors (Lipinski definition) is 2. The zero-order valence-electron chi connectivity index (χ0n) is 13.5. The van der Waals surface area contributed by atoms with Crippen LogP contribution < -0.4 is 10.1 Å². The van der Waals surface area contributed by atoms with Gasteiger partial charge in [0.2, 0.25) is 0 Å². The van der Waals surface area contributed by atoms with Crippen molar-refractivity contribution in [2.75, 3.05) is 5.32 Å². The average molecular weight is 307 g/mol. The Morgan fingerprint density at radius 2 is 1.91 bits per heavy atom. The van der Waals surface area contributed by atoms with Crippen LogP contribution in [0.15, 0.2) is 42.5 Å². The van der Waals surface area contributed by atoms with Gasteiger partial charge in [0, 0.05) is 22.4 Å². The van der Waals surface area contributed by atoms with Crippen molar-refractivity contribution in [2.45, 2.75) is 26.3 Å². The Hall–Kier alpha value is -2.55. The summed E-state index contributed by atoms with van der Waals surface area (Å²) in [4.78, 5) is 0. The Bertz CT molecular complexity index is 893. The van der Waals surface area contributed by atoms with Gasteiger partial charge in [-0.3, -0.25) is 0 Å². The fraction of sp³-hybridized carbons (Fsp3) is 0.200. The van der Waals surface area contributed by atoms with E-state index in [1.165, 1.54) is 17.7 Å². The quantitative estimate of drug-likeness (QED) is 0.697. The van der Waals surface area contributed by atoms with Gasteiger partial charge in [0.15, 0.2) is 0 Å². The molecule has 0 radical (unpaired) electrons. The van der Waals surface area contributed by atoms with Crippen LogP contribution in [0, 0.1) is 5.82 Å². The third-order valence-corrected chi connectivity index (χ3v) is 4.78. The van der Waals surface area contributed by atoms with Crippen molar-refractivity contribution in [3.63, 3.8) is 0 Å². The maximum atomic E-state index is 13.7. The van der Waals surface area contributed by atoms with Crippen LogP contribution in [0.1, 0.15) is 31.9 Å². The lowest BCUT2D eigenvalue weighted by Crippen LogP contribution is -2.35. The third-order valence-electron chi connectivity index (χ3n) is 4.78. The maximum Gasteiger partial charge on any atom is 0.135 e. The summed E-state index contributed by atoms with van der Waals surface area (Å²) >= 11 is 0. The van der Waals surface area contributed by atoms with Gasteiger partial charge in [-0.1, -0.05) is 18.7 Å². The average Bonchev–Trinajstić information content (AvgIpc) is 2.48. The molecule has 0 spiro atoms. The zero-order chi connectivity index (χ0) is 16.4. The highest BCUT2D eigenvalue weighted by molar-refractivity contribution is 5.94. The van der Waals surface area contributed by atoms with E-state index >= 15 is 0 Å². The number of rotatable bonds is 0. The summed E-state index contributed by atoms with van der Waals surface area (Å²) in [6.45, 7) is 10.5. The number of halogens is 1. The van der Waals surface area contributed by atoms with Gasteiger partial charge >= 0.3 is 0 Å². The summed E-state index contributed by atoms with van der Waals surface area (Å²) < 4.78 is 19.5. The second-order valence-electron chi connectivity index (χ2n) is 6.69. The summed E-state index contributed by atoms with van der Waals surface area (Å²) in [5, 5.41) is 3.55. The molecule has 2 heterocycles. The van der Waals surface area contributed by atoms with E-state index in [4.69, 9.17) is 4.74 Å². The van der Waals surface area contributed by atoms with E-state index in [2.05, 4.69) is 38.7 Å². The van der Waals surface area contributed by atoms with Crippen molar-refractivity contribution in [3.05, 3.63) is 59.4 Å². The second-order valence-corrected chi connectivity index (χ2v) is 6.69. The van der Waals surface area contributed by atoms with Crippen molar-refractivity contribution in [1.82, 2.24) is 0 Å². The highest BCUT2D eigenvalue weighted by Gasteiger charge is 2.30. The molecule has 0 aromatic heterocycles. The molecule has 3 heteroatoms. The first-order chi connectivity index (χ1) is 10.9. The lowest BCUT2D eigenvalue weighted by molar-refractivity contribution is 0.510. The van der Waals surface area contributed by atoms with E-state index in [0.717, 1.165) is 27.9 Å². The molecule has 2 aliphatic rings. The summed E-state index contributed by atoms with van der Waals surface area (Å²) in [7, 11) is 0. The fourth-order valence-electron chi connectivity index (χ4n) is 3.22. The predicted octanol–water partition coefficient (Wildman–Crippen LogP) is 5.46. The number of fused-ring (bicyclic) bond motifs is 5. The van der Waals surface area contributed by atoms with Crippen molar-refractivity contribution in [1.29, 1.82) is 0 Å². The molecular formula is C20H18FNO. The van der Waals surface area contributed by atoms with Gasteiger partial charge in [-0.25, -0.2) is 4.39 Å². The first-order valence-corrected chi connectivity index (χ1v) is 7.68. The topological polar surface area (TPSA) is 21.3 Å². The highest BCUT2D eigenvalue weighted by atomic mass is 19.1. The lowest BCUT2D eigenvalue weighted by atomic mass is 9.84. The van der Waals surface area contributed by atoms with Crippen molar-refractivity contribution >= 4 is 17.5 Å². The van der Waals surface area contributed by atoms with Gasteiger partial charge in [-0.15, -0.1) is 0 Å². The highest BCUT2D eigenvalue weighted by Crippen LogP contribution is 2.47. The van der Waals surface area contributed by atoms with Gasteiger partial charge in [0.1, 0.15) is 17.3 Å². The third kappa shape index (κ3) is 2.00. The van der Waals surface area contributed by atoms with Crippen LogP contribution in [-0.4, -0.2) is 5.54 Å². The Labute approximate surface area is 135 Å². The second kappa shape index (κ2) is 4.48. The minimum atomic E-state index is -0.269. The molecule has 2 nitrogen and oxygen atoms in total. The normalized spacial score (nSPS) is 17.2. The number of hydrogen-bond donors (Lipinski definition) is 1. The smallest absolute Gasteiger partial charge is 0.135 e. The summed E-state index contributed by atoms with van der Waals surface area (Å²) in [6.07, 6.45) is 2.17. The predicted molar refractivity (Wildman–Crippen MR) is 92.9 cm³/mol. The molecule has 0 amide bonds. The van der Waals surface area contributed by atoms with Gasteiger partial charge in [0.05, 0.1) is 5.54 Å². The SMILES string of the molecule is C=C1Oc2ccc(F)cc2-c2ccc3c(c21)C=C(C)C(C)(C)N3. The van der Waals surface area contributed by atoms with Gasteiger partial charge in [-0.2, -0.15) is 0 Å². The molecule has 4 rings (SSSR count). The van der Waals surface area contributed by atoms with Crippen molar-refractivity contribution < 1.29 is 9.13 Å². The summed E-state index contributed by atoms with van der Waals surface area (Å²) in [6, 6.07) is 8.64. The van der Waals surface area contributed by atoms with Crippen molar-refractivity contribution in [3.8, 4) is 16.9 Å². The van der Waals surface area contributed by atoms with E-state index in [9.17, 15) is 4.39 Å². The molecule has 0 saturated carbocycles. The Balaban J connectivity index is 2.01. The minimum Gasteiger partial charge on any atom is -0.457 e.